The van der Waals surface area contributed by atoms with Gasteiger partial charge in [0.1, 0.15) is 5.01 Å². The highest BCUT2D eigenvalue weighted by Gasteiger charge is 2.34. The highest BCUT2D eigenvalue weighted by atomic mass is 32.1. The first-order valence-electron chi connectivity index (χ1n) is 6.15. The molecular formula is C13H12F3N3OS. The van der Waals surface area contributed by atoms with Crippen LogP contribution in [0.3, 0.4) is 0 Å². The number of hydrogen-bond acceptors (Lipinski definition) is 4. The summed E-state index contributed by atoms with van der Waals surface area (Å²) in [7, 11) is 0. The van der Waals surface area contributed by atoms with Crippen molar-refractivity contribution in [1.82, 2.24) is 15.3 Å². The Balaban J connectivity index is 2.13. The van der Waals surface area contributed by atoms with Gasteiger partial charge in [-0.3, -0.25) is 9.78 Å². The summed E-state index contributed by atoms with van der Waals surface area (Å²) in [5, 5.41) is 3.86. The van der Waals surface area contributed by atoms with Crippen LogP contribution in [0.1, 0.15) is 40.4 Å². The lowest BCUT2D eigenvalue weighted by Crippen LogP contribution is -2.28. The van der Waals surface area contributed by atoms with E-state index in [1.54, 1.807) is 19.1 Å². The van der Waals surface area contributed by atoms with E-state index in [0.29, 0.717) is 12.0 Å². The summed E-state index contributed by atoms with van der Waals surface area (Å²) in [6.07, 6.45) is -1.10. The fraction of sp³-hybridized carbons (Fsp3) is 0.308. The molecule has 21 heavy (non-hydrogen) atoms. The fourth-order valence-electron chi connectivity index (χ4n) is 1.65. The minimum Gasteiger partial charge on any atom is -0.343 e. The van der Waals surface area contributed by atoms with Gasteiger partial charge < -0.3 is 5.32 Å². The minimum absolute atomic E-state index is 0.238. The summed E-state index contributed by atoms with van der Waals surface area (Å²) < 4.78 is 37.6. The Morgan fingerprint density at radius 3 is 2.76 bits per heavy atom. The number of pyridine rings is 1. The van der Waals surface area contributed by atoms with Gasteiger partial charge >= 0.3 is 6.18 Å². The zero-order chi connectivity index (χ0) is 15.5. The lowest BCUT2D eigenvalue weighted by molar-refractivity contribution is -0.140. The summed E-state index contributed by atoms with van der Waals surface area (Å²) in [5.41, 5.74) is -0.583. The number of rotatable bonds is 4. The second-order valence-corrected chi connectivity index (χ2v) is 5.13. The number of aromatic nitrogens is 2. The van der Waals surface area contributed by atoms with E-state index >= 15 is 0 Å². The third kappa shape index (κ3) is 3.78. The van der Waals surface area contributed by atoms with Crippen molar-refractivity contribution < 1.29 is 18.0 Å². The highest BCUT2D eigenvalue weighted by molar-refractivity contribution is 7.09. The van der Waals surface area contributed by atoms with E-state index in [1.807, 2.05) is 0 Å². The topological polar surface area (TPSA) is 54.9 Å². The molecule has 0 saturated carbocycles. The first kappa shape index (κ1) is 15.4. The molecule has 0 bridgehead atoms. The van der Waals surface area contributed by atoms with E-state index in [4.69, 9.17) is 0 Å². The van der Waals surface area contributed by atoms with Crippen molar-refractivity contribution in [1.29, 1.82) is 0 Å². The Hall–Kier alpha value is -1.96. The molecule has 0 saturated heterocycles. The van der Waals surface area contributed by atoms with Crippen molar-refractivity contribution in [2.75, 3.05) is 0 Å². The molecule has 1 atom stereocenters. The lowest BCUT2D eigenvalue weighted by atomic mass is 10.2. The lowest BCUT2D eigenvalue weighted by Gasteiger charge is -2.14. The summed E-state index contributed by atoms with van der Waals surface area (Å²) in [6.45, 7) is 1.77. The summed E-state index contributed by atoms with van der Waals surface area (Å²) in [6, 6.07) is 2.64. The van der Waals surface area contributed by atoms with E-state index in [-0.39, 0.29) is 5.01 Å². The van der Waals surface area contributed by atoms with Crippen molar-refractivity contribution in [3.8, 4) is 0 Å². The zero-order valence-corrected chi connectivity index (χ0v) is 11.8. The number of hydrogen-bond donors (Lipinski definition) is 1. The van der Waals surface area contributed by atoms with Crippen LogP contribution in [-0.4, -0.2) is 15.9 Å². The van der Waals surface area contributed by atoms with Crippen molar-refractivity contribution in [2.24, 2.45) is 0 Å². The molecule has 8 heteroatoms. The Bertz CT molecular complexity index is 613. The first-order chi connectivity index (χ1) is 9.91. The molecule has 112 valence electrons. The molecule has 2 heterocycles. The number of nitrogens with zero attached hydrogens (tertiary/aromatic N) is 2. The summed E-state index contributed by atoms with van der Waals surface area (Å²) in [5.74, 6) is -0.390. The van der Waals surface area contributed by atoms with Crippen LogP contribution < -0.4 is 5.32 Å². The minimum atomic E-state index is -4.47. The van der Waals surface area contributed by atoms with E-state index in [9.17, 15) is 18.0 Å². The number of carbonyl (C=O) groups is 1. The van der Waals surface area contributed by atoms with Gasteiger partial charge in [-0.15, -0.1) is 11.3 Å². The first-order valence-corrected chi connectivity index (χ1v) is 7.03. The van der Waals surface area contributed by atoms with Gasteiger partial charge in [0.05, 0.1) is 11.6 Å². The van der Waals surface area contributed by atoms with Gasteiger partial charge in [0.25, 0.3) is 5.91 Å². The summed E-state index contributed by atoms with van der Waals surface area (Å²) in [4.78, 5) is 19.4. The molecule has 2 aromatic heterocycles. The monoisotopic (exact) mass is 315 g/mol. The van der Waals surface area contributed by atoms with Gasteiger partial charge in [0.2, 0.25) is 0 Å². The largest absolute Gasteiger partial charge is 0.434 e. The molecule has 2 rings (SSSR count). The molecule has 0 aliphatic heterocycles. The van der Waals surface area contributed by atoms with Gasteiger partial charge in [0.15, 0.2) is 5.69 Å². The molecule has 0 aliphatic rings. The quantitative estimate of drug-likeness (QED) is 0.940. The number of amides is 1. The normalized spacial score (nSPS) is 13.0. The highest BCUT2D eigenvalue weighted by Crippen LogP contribution is 2.32. The van der Waals surface area contributed by atoms with Gasteiger partial charge in [-0.2, -0.15) is 13.2 Å². The molecule has 0 aliphatic carbocycles. The average molecular weight is 315 g/mol. The van der Waals surface area contributed by atoms with E-state index in [2.05, 4.69) is 15.3 Å². The number of carbonyl (C=O) groups excluding carboxylic acids is 1. The van der Waals surface area contributed by atoms with Crippen molar-refractivity contribution in [2.45, 2.75) is 25.6 Å². The second-order valence-electron chi connectivity index (χ2n) is 4.24. The van der Waals surface area contributed by atoms with Crippen LogP contribution in [0.2, 0.25) is 0 Å². The maximum atomic E-state index is 12.5. The molecule has 0 spiro atoms. The molecule has 0 fully saturated rings. The van der Waals surface area contributed by atoms with Crippen molar-refractivity contribution in [3.05, 3.63) is 46.2 Å². The standard InChI is InChI=1S/C13H12F3N3OS/c1-2-9(12-19-10(7-21-12)13(14,15)16)18-11(20)8-4-3-5-17-6-8/h3-7,9H,2H2,1H3,(H,18,20)/t9-/m1/s1. The van der Waals surface area contributed by atoms with Crippen LogP contribution in [0.4, 0.5) is 13.2 Å². The van der Waals surface area contributed by atoms with Crippen LogP contribution in [-0.2, 0) is 6.18 Å². The van der Waals surface area contributed by atoms with Crippen molar-refractivity contribution >= 4 is 17.2 Å². The molecule has 1 amide bonds. The maximum Gasteiger partial charge on any atom is 0.434 e. The Morgan fingerprint density at radius 1 is 1.48 bits per heavy atom. The number of nitrogens with one attached hydrogen (secondary N) is 1. The van der Waals surface area contributed by atoms with Crippen molar-refractivity contribution in [3.63, 3.8) is 0 Å². The third-order valence-electron chi connectivity index (χ3n) is 2.75. The third-order valence-corrected chi connectivity index (χ3v) is 3.71. The summed E-state index contributed by atoms with van der Waals surface area (Å²) >= 11 is 0.885. The Kier molecular flexibility index (Phi) is 4.56. The van der Waals surface area contributed by atoms with Crippen LogP contribution in [0.15, 0.2) is 29.9 Å². The van der Waals surface area contributed by atoms with Gasteiger partial charge in [-0.25, -0.2) is 4.98 Å². The van der Waals surface area contributed by atoms with Crippen LogP contribution in [0.5, 0.6) is 0 Å². The second kappa shape index (κ2) is 6.21. The maximum absolute atomic E-state index is 12.5. The number of halogens is 3. The van der Waals surface area contributed by atoms with Crippen LogP contribution >= 0.6 is 11.3 Å². The van der Waals surface area contributed by atoms with Gasteiger partial charge in [-0.1, -0.05) is 6.92 Å². The SMILES string of the molecule is CC[C@@H](NC(=O)c1cccnc1)c1nc(C(F)(F)F)cs1. The molecule has 0 unspecified atom stereocenters. The molecular weight excluding hydrogens is 303 g/mol. The Morgan fingerprint density at radius 2 is 2.24 bits per heavy atom. The van der Waals surface area contributed by atoms with E-state index in [1.165, 1.54) is 12.4 Å². The molecule has 4 nitrogen and oxygen atoms in total. The number of thiazole rings is 1. The fourth-order valence-corrected chi connectivity index (χ4v) is 2.61. The van der Waals surface area contributed by atoms with Crippen LogP contribution in [0.25, 0.3) is 0 Å². The van der Waals surface area contributed by atoms with Crippen LogP contribution in [0, 0.1) is 0 Å². The zero-order valence-electron chi connectivity index (χ0n) is 11.0. The molecule has 2 aromatic rings. The molecule has 1 N–H and O–H groups in total. The average Bonchev–Trinajstić information content (AvgIpc) is 2.95. The van der Waals surface area contributed by atoms with Gasteiger partial charge in [0, 0.05) is 17.8 Å². The smallest absolute Gasteiger partial charge is 0.343 e. The van der Waals surface area contributed by atoms with E-state index in [0.717, 1.165) is 16.7 Å². The van der Waals surface area contributed by atoms with E-state index < -0.39 is 23.8 Å². The predicted octanol–water partition coefficient (Wildman–Crippen LogP) is 3.44. The predicted molar refractivity (Wildman–Crippen MR) is 71.9 cm³/mol. The number of alkyl halides is 3. The molecule has 0 radical (unpaired) electrons. The van der Waals surface area contributed by atoms with Gasteiger partial charge in [-0.05, 0) is 18.6 Å². The Labute approximate surface area is 123 Å². The molecule has 0 aromatic carbocycles.